The van der Waals surface area contributed by atoms with Crippen molar-refractivity contribution in [2.45, 2.75) is 51.9 Å². The van der Waals surface area contributed by atoms with Gasteiger partial charge in [0.2, 0.25) is 0 Å². The van der Waals surface area contributed by atoms with Crippen molar-refractivity contribution in [3.8, 4) is 11.5 Å². The predicted octanol–water partition coefficient (Wildman–Crippen LogP) is 8.72. The Hall–Kier alpha value is -4.95. The van der Waals surface area contributed by atoms with Gasteiger partial charge in [0.15, 0.2) is 21.3 Å². The highest BCUT2D eigenvalue weighted by Crippen LogP contribution is 2.27. The second-order valence-electron chi connectivity index (χ2n) is 11.3. The van der Waals surface area contributed by atoms with E-state index in [1.54, 1.807) is 51.6 Å². The van der Waals surface area contributed by atoms with E-state index in [1.165, 1.54) is 28.5 Å². The van der Waals surface area contributed by atoms with E-state index in [9.17, 15) is 13.2 Å². The van der Waals surface area contributed by atoms with Crippen LogP contribution in [0.2, 0.25) is 0 Å². The highest BCUT2D eigenvalue weighted by Gasteiger charge is 2.07. The van der Waals surface area contributed by atoms with Gasteiger partial charge in [-0.2, -0.15) is 0 Å². The van der Waals surface area contributed by atoms with Crippen LogP contribution in [-0.2, 0) is 22.7 Å². The minimum atomic E-state index is -3.04. The molecule has 0 radical (unpaired) electrons. The maximum atomic E-state index is 11.1. The normalized spacial score (nSPS) is 12.0. The zero-order valence-electron chi connectivity index (χ0n) is 30.0. The van der Waals surface area contributed by atoms with E-state index in [-0.39, 0.29) is 5.91 Å². The molecule has 0 fully saturated rings. The molecule has 4 aromatic rings. The molecule has 1 amide bonds. The van der Waals surface area contributed by atoms with Crippen LogP contribution in [0.5, 0.6) is 11.5 Å². The summed E-state index contributed by atoms with van der Waals surface area (Å²) in [6.07, 6.45) is 10.5. The number of aryl methyl sites for hydroxylation is 2. The molecule has 6 rings (SSSR count). The third-order valence-electron chi connectivity index (χ3n) is 7.28. The van der Waals surface area contributed by atoms with Gasteiger partial charge in [-0.25, -0.2) is 8.42 Å². The lowest BCUT2D eigenvalue weighted by Crippen LogP contribution is -2.17. The van der Waals surface area contributed by atoms with Gasteiger partial charge in [0.05, 0.1) is 19.1 Å². The number of nitrogens with zero attached hydrogens (tertiary/aromatic N) is 1. The van der Waals surface area contributed by atoms with Crippen LogP contribution in [0.3, 0.4) is 0 Å². The average Bonchev–Trinajstić information content (AvgIpc) is 3.76. The van der Waals surface area contributed by atoms with Crippen molar-refractivity contribution >= 4 is 28.0 Å². The molecule has 0 spiro atoms. The third-order valence-corrected chi connectivity index (χ3v) is 8.39. The Kier molecular flexibility index (Phi) is 17.3. The topological polar surface area (TPSA) is 94.1 Å². The molecule has 0 unspecified atom stereocenters. The second kappa shape index (κ2) is 21.1. The fraction of sp³-hybridized carbons (Fsp3) is 0.268. The van der Waals surface area contributed by atoms with E-state index in [2.05, 4.69) is 53.7 Å². The molecular formula is C41H50N2O5S. The van der Waals surface area contributed by atoms with Gasteiger partial charge in [-0.1, -0.05) is 85.3 Å². The molecule has 7 nitrogen and oxygen atoms in total. The van der Waals surface area contributed by atoms with E-state index in [0.717, 1.165) is 42.0 Å². The molecule has 1 aliphatic heterocycles. The quantitative estimate of drug-likeness (QED) is 0.227. The molecule has 1 aliphatic carbocycles. The van der Waals surface area contributed by atoms with Crippen LogP contribution < -0.4 is 14.8 Å². The van der Waals surface area contributed by atoms with Crippen LogP contribution in [0.15, 0.2) is 124 Å². The zero-order valence-corrected chi connectivity index (χ0v) is 30.8. The molecule has 0 saturated heterocycles. The third kappa shape index (κ3) is 14.8. The fourth-order valence-electron chi connectivity index (χ4n) is 4.60. The van der Waals surface area contributed by atoms with Crippen molar-refractivity contribution < 1.29 is 22.7 Å². The summed E-state index contributed by atoms with van der Waals surface area (Å²) in [7, 11) is 1.85. The van der Waals surface area contributed by atoms with E-state index < -0.39 is 9.84 Å². The number of hydrogen-bond acceptors (Lipinski definition) is 6. The van der Waals surface area contributed by atoms with Gasteiger partial charge < -0.3 is 14.8 Å². The van der Waals surface area contributed by atoms with Gasteiger partial charge >= 0.3 is 0 Å². The Labute approximate surface area is 293 Å². The zero-order chi connectivity index (χ0) is 36.2. The number of carbonyl (C=O) groups excluding carboxylic acids is 1. The van der Waals surface area contributed by atoms with Crippen molar-refractivity contribution in [3.63, 3.8) is 0 Å². The number of carbonyl (C=O) groups is 1. The molecule has 8 heteroatoms. The van der Waals surface area contributed by atoms with E-state index in [4.69, 9.17) is 9.47 Å². The molecule has 0 saturated carbocycles. The highest BCUT2D eigenvalue weighted by atomic mass is 32.2. The summed E-state index contributed by atoms with van der Waals surface area (Å²) in [5.41, 5.74) is 8.42. The van der Waals surface area contributed by atoms with E-state index in [1.807, 2.05) is 69.5 Å². The highest BCUT2D eigenvalue weighted by molar-refractivity contribution is 7.90. The van der Waals surface area contributed by atoms with Crippen molar-refractivity contribution in [3.05, 3.63) is 142 Å². The van der Waals surface area contributed by atoms with Crippen LogP contribution >= 0.6 is 0 Å². The SMILES string of the molecule is CC1=CCC=N1.CC1=Cc2ccccc2C1.CCc1cccc(S(C)(=O)=O)c1.CNC(=O)c1ccccc1.COc1ccc(C)cc1OC. The number of amides is 1. The van der Waals surface area contributed by atoms with Gasteiger partial charge in [0.1, 0.15) is 0 Å². The molecule has 260 valence electrons. The number of allylic oxidation sites excluding steroid dienone is 3. The number of sulfone groups is 1. The largest absolute Gasteiger partial charge is 0.493 e. The molecular weight excluding hydrogens is 633 g/mol. The number of rotatable bonds is 5. The van der Waals surface area contributed by atoms with Crippen LogP contribution in [0.4, 0.5) is 0 Å². The Balaban J connectivity index is 0.000000215. The molecule has 0 atom stereocenters. The maximum Gasteiger partial charge on any atom is 0.251 e. The Bertz CT molecular complexity index is 1830. The summed E-state index contributed by atoms with van der Waals surface area (Å²) in [4.78, 5) is 15.3. The standard InChI is InChI=1S/C10H10.C9H12O2S.C9H12O2.C8H9NO.C5H7N/c1-8-6-9-4-2-3-5-10(9)7-8;1-3-8-5-4-6-9(7-8)12(2,10)11;1-7-4-5-8(10-2)9(6-7)11-3;1-9-8(10)7-5-3-2-4-6-7;1-5-3-2-4-6-5/h2-6H,7H2,1H3;4-7H,3H2,1-2H3;4-6H,1-3H3;2-6H,1H3,(H,9,10);3-4H,2H2,1H3. The van der Waals surface area contributed by atoms with Crippen molar-refractivity contribution in [2.24, 2.45) is 4.99 Å². The number of methoxy groups -OCH3 is 2. The Morgan fingerprint density at radius 2 is 1.51 bits per heavy atom. The Morgan fingerprint density at radius 3 is 2.04 bits per heavy atom. The van der Waals surface area contributed by atoms with Crippen molar-refractivity contribution in [2.75, 3.05) is 27.5 Å². The smallest absolute Gasteiger partial charge is 0.251 e. The molecule has 1 heterocycles. The number of nitrogens with one attached hydrogen (secondary N) is 1. The molecule has 4 aromatic carbocycles. The van der Waals surface area contributed by atoms with Gasteiger partial charge in [-0.15, -0.1) is 0 Å². The number of fused-ring (bicyclic) bond motifs is 1. The summed E-state index contributed by atoms with van der Waals surface area (Å²) in [5, 5.41) is 2.54. The van der Waals surface area contributed by atoms with Crippen LogP contribution in [0, 0.1) is 6.92 Å². The van der Waals surface area contributed by atoms with Gasteiger partial charge in [-0.3, -0.25) is 9.79 Å². The average molecular weight is 683 g/mol. The van der Waals surface area contributed by atoms with Crippen molar-refractivity contribution in [1.82, 2.24) is 5.32 Å². The van der Waals surface area contributed by atoms with Gasteiger partial charge in [0, 0.05) is 37.2 Å². The predicted molar refractivity (Wildman–Crippen MR) is 204 cm³/mol. The molecule has 1 N–H and O–H groups in total. The number of aliphatic imine (C=N–C) groups is 1. The summed E-state index contributed by atoms with van der Waals surface area (Å²) in [6.45, 7) is 8.20. The molecule has 49 heavy (non-hydrogen) atoms. The lowest BCUT2D eigenvalue weighted by molar-refractivity contribution is 0.0963. The van der Waals surface area contributed by atoms with Gasteiger partial charge in [0.25, 0.3) is 5.91 Å². The monoisotopic (exact) mass is 682 g/mol. The molecule has 0 aromatic heterocycles. The number of hydrogen-bond donors (Lipinski definition) is 1. The van der Waals surface area contributed by atoms with Crippen molar-refractivity contribution in [1.29, 1.82) is 0 Å². The minimum Gasteiger partial charge on any atom is -0.493 e. The lowest BCUT2D eigenvalue weighted by atomic mass is 10.1. The summed E-state index contributed by atoms with van der Waals surface area (Å²) in [6, 6.07) is 30.5. The van der Waals surface area contributed by atoms with E-state index >= 15 is 0 Å². The lowest BCUT2D eigenvalue weighted by Gasteiger charge is -2.06. The Morgan fingerprint density at radius 1 is 0.837 bits per heavy atom. The van der Waals surface area contributed by atoms with Crippen LogP contribution in [0.1, 0.15) is 59.8 Å². The minimum absolute atomic E-state index is 0.0411. The number of benzene rings is 4. The van der Waals surface area contributed by atoms with E-state index in [0.29, 0.717) is 10.5 Å². The summed E-state index contributed by atoms with van der Waals surface area (Å²) in [5.74, 6) is 1.52. The first-order valence-electron chi connectivity index (χ1n) is 16.1. The summed E-state index contributed by atoms with van der Waals surface area (Å²) < 4.78 is 32.4. The maximum absolute atomic E-state index is 11.1. The molecule has 2 aliphatic rings. The first-order valence-corrected chi connectivity index (χ1v) is 18.0. The second-order valence-corrected chi connectivity index (χ2v) is 13.4. The number of ether oxygens (including phenoxy) is 2. The van der Waals surface area contributed by atoms with Gasteiger partial charge in [-0.05, 0) is 92.3 Å². The summed E-state index contributed by atoms with van der Waals surface area (Å²) >= 11 is 0. The van der Waals surface area contributed by atoms with Crippen LogP contribution in [-0.4, -0.2) is 48.1 Å². The first-order chi connectivity index (χ1) is 23.4. The van der Waals surface area contributed by atoms with Crippen LogP contribution in [0.25, 0.3) is 6.08 Å². The molecule has 0 bridgehead atoms. The first kappa shape index (κ1) is 40.2. The fourth-order valence-corrected chi connectivity index (χ4v) is 5.29.